The van der Waals surface area contributed by atoms with E-state index in [0.29, 0.717) is 6.04 Å². The fraction of sp³-hybridized carbons (Fsp3) is 0.733. The van der Waals surface area contributed by atoms with E-state index in [1.54, 1.807) is 9.75 Å². The second kappa shape index (κ2) is 5.72. The molecule has 1 aliphatic heterocycles. The third kappa shape index (κ3) is 2.95. The molecule has 1 atom stereocenters. The lowest BCUT2D eigenvalue weighted by molar-refractivity contribution is 0.163. The van der Waals surface area contributed by atoms with Gasteiger partial charge in [0.25, 0.3) is 0 Å². The summed E-state index contributed by atoms with van der Waals surface area (Å²) >= 11 is 2.04. The first-order valence-corrected chi connectivity index (χ1v) is 8.22. The number of hydrogen-bond donors (Lipinski definition) is 1. The molecule has 2 nitrogen and oxygen atoms in total. The number of aryl methyl sites for hydroxylation is 1. The maximum Gasteiger partial charge on any atom is 0.0445 e. The van der Waals surface area contributed by atoms with Crippen LogP contribution in [0, 0.1) is 5.92 Å². The third-order valence-electron chi connectivity index (χ3n) is 4.21. The lowest BCUT2D eigenvalue weighted by Crippen LogP contribution is -2.45. The molecule has 1 saturated carbocycles. The minimum absolute atomic E-state index is 0.699. The van der Waals surface area contributed by atoms with Crippen LogP contribution in [0.25, 0.3) is 0 Å². The molecule has 1 N–H and O–H groups in total. The highest BCUT2D eigenvalue weighted by molar-refractivity contribution is 7.12. The molecule has 0 radical (unpaired) electrons. The molecule has 18 heavy (non-hydrogen) atoms. The summed E-state index contributed by atoms with van der Waals surface area (Å²) in [5.74, 6) is 1.01. The van der Waals surface area contributed by atoms with Crippen LogP contribution in [0.4, 0.5) is 0 Å². The van der Waals surface area contributed by atoms with Crippen LogP contribution in [-0.2, 0) is 6.42 Å². The van der Waals surface area contributed by atoms with Gasteiger partial charge in [-0.2, -0.15) is 0 Å². The Morgan fingerprint density at radius 2 is 2.11 bits per heavy atom. The maximum absolute atomic E-state index is 3.47. The summed E-state index contributed by atoms with van der Waals surface area (Å²) in [4.78, 5) is 5.86. The normalized spacial score (nSPS) is 23.2. The fourth-order valence-corrected chi connectivity index (χ4v) is 3.97. The predicted octanol–water partition coefficient (Wildman–Crippen LogP) is 3.06. The zero-order valence-corrected chi connectivity index (χ0v) is 12.1. The maximum atomic E-state index is 3.47. The molecule has 2 aliphatic rings. The van der Waals surface area contributed by atoms with Crippen molar-refractivity contribution in [2.75, 3.05) is 26.2 Å². The Morgan fingerprint density at radius 1 is 1.33 bits per heavy atom. The summed E-state index contributed by atoms with van der Waals surface area (Å²) in [5.41, 5.74) is 0. The molecule has 0 aromatic carbocycles. The molecule has 2 fully saturated rings. The van der Waals surface area contributed by atoms with Gasteiger partial charge in [0.15, 0.2) is 0 Å². The van der Waals surface area contributed by atoms with Crippen molar-refractivity contribution >= 4 is 11.3 Å². The summed E-state index contributed by atoms with van der Waals surface area (Å²) < 4.78 is 0. The lowest BCUT2D eigenvalue weighted by atomic mass is 10.1. The Bertz CT molecular complexity index is 378. The van der Waals surface area contributed by atoms with Gasteiger partial charge < -0.3 is 5.32 Å². The standard InChI is InChI=1S/C15H24N2S/c1-2-13-5-6-15(18-13)14(11-12-3-4-12)17-9-7-16-8-10-17/h5-6,12,14,16H,2-4,7-11H2,1H3/t14-/m0/s1. The number of thiophene rings is 1. The third-order valence-corrected chi connectivity index (χ3v) is 5.54. The van der Waals surface area contributed by atoms with Crippen LogP contribution in [0.15, 0.2) is 12.1 Å². The van der Waals surface area contributed by atoms with Gasteiger partial charge in [0.1, 0.15) is 0 Å². The lowest BCUT2D eigenvalue weighted by Gasteiger charge is -2.34. The van der Waals surface area contributed by atoms with Crippen molar-refractivity contribution in [3.05, 3.63) is 21.9 Å². The first-order valence-electron chi connectivity index (χ1n) is 7.40. The molecular formula is C15H24N2S. The quantitative estimate of drug-likeness (QED) is 0.879. The summed E-state index contributed by atoms with van der Waals surface area (Å²) in [6.45, 7) is 7.02. The molecule has 1 aromatic rings. The molecule has 0 bridgehead atoms. The van der Waals surface area contributed by atoms with Crippen molar-refractivity contribution < 1.29 is 0 Å². The molecule has 0 spiro atoms. The van der Waals surface area contributed by atoms with E-state index in [9.17, 15) is 0 Å². The van der Waals surface area contributed by atoms with E-state index in [1.807, 2.05) is 11.3 Å². The second-order valence-corrected chi connectivity index (χ2v) is 6.84. The largest absolute Gasteiger partial charge is 0.314 e. The van der Waals surface area contributed by atoms with Crippen LogP contribution < -0.4 is 5.32 Å². The number of nitrogens with one attached hydrogen (secondary N) is 1. The van der Waals surface area contributed by atoms with E-state index in [-0.39, 0.29) is 0 Å². The summed E-state index contributed by atoms with van der Waals surface area (Å²) in [6, 6.07) is 5.42. The number of piperazine rings is 1. The molecule has 1 saturated heterocycles. The second-order valence-electron chi connectivity index (χ2n) is 5.64. The van der Waals surface area contributed by atoms with Gasteiger partial charge >= 0.3 is 0 Å². The molecular weight excluding hydrogens is 240 g/mol. The van der Waals surface area contributed by atoms with E-state index >= 15 is 0 Å². The molecule has 2 heterocycles. The van der Waals surface area contributed by atoms with E-state index < -0.39 is 0 Å². The minimum atomic E-state index is 0.699. The van der Waals surface area contributed by atoms with Crippen LogP contribution in [0.1, 0.15) is 42.0 Å². The summed E-state index contributed by atoms with van der Waals surface area (Å²) in [6.07, 6.45) is 5.51. The Balaban J connectivity index is 1.74. The highest BCUT2D eigenvalue weighted by atomic mass is 32.1. The highest BCUT2D eigenvalue weighted by Gasteiger charge is 2.31. The van der Waals surface area contributed by atoms with Crippen LogP contribution in [0.5, 0.6) is 0 Å². The Labute approximate surface area is 114 Å². The van der Waals surface area contributed by atoms with Crippen molar-refractivity contribution in [3.8, 4) is 0 Å². The number of rotatable bonds is 5. The molecule has 3 heteroatoms. The van der Waals surface area contributed by atoms with Crippen molar-refractivity contribution in [3.63, 3.8) is 0 Å². The van der Waals surface area contributed by atoms with Gasteiger partial charge in [-0.05, 0) is 30.9 Å². The first kappa shape index (κ1) is 12.6. The molecule has 1 aliphatic carbocycles. The predicted molar refractivity (Wildman–Crippen MR) is 78.2 cm³/mol. The molecule has 3 rings (SSSR count). The number of nitrogens with zero attached hydrogens (tertiary/aromatic N) is 1. The van der Waals surface area contributed by atoms with Crippen molar-refractivity contribution in [2.45, 2.75) is 38.6 Å². The average molecular weight is 264 g/mol. The monoisotopic (exact) mass is 264 g/mol. The van der Waals surface area contributed by atoms with Crippen LogP contribution >= 0.6 is 11.3 Å². The van der Waals surface area contributed by atoms with E-state index in [2.05, 4.69) is 29.3 Å². The van der Waals surface area contributed by atoms with Crippen LogP contribution in [0.2, 0.25) is 0 Å². The topological polar surface area (TPSA) is 15.3 Å². The van der Waals surface area contributed by atoms with Gasteiger partial charge in [0.2, 0.25) is 0 Å². The SMILES string of the molecule is CCc1ccc([C@H](CC2CC2)N2CCNCC2)s1. The van der Waals surface area contributed by atoms with Gasteiger partial charge in [-0.25, -0.2) is 0 Å². The molecule has 0 amide bonds. The van der Waals surface area contributed by atoms with Gasteiger partial charge in [-0.15, -0.1) is 11.3 Å². The molecule has 1 aromatic heterocycles. The first-order chi connectivity index (χ1) is 8.86. The van der Waals surface area contributed by atoms with E-state index in [1.165, 1.54) is 38.8 Å². The molecule has 0 unspecified atom stereocenters. The van der Waals surface area contributed by atoms with Crippen molar-refractivity contribution in [1.82, 2.24) is 10.2 Å². The van der Waals surface area contributed by atoms with Crippen molar-refractivity contribution in [1.29, 1.82) is 0 Å². The van der Waals surface area contributed by atoms with E-state index in [4.69, 9.17) is 0 Å². The zero-order valence-electron chi connectivity index (χ0n) is 11.3. The van der Waals surface area contributed by atoms with Gasteiger partial charge in [0.05, 0.1) is 0 Å². The van der Waals surface area contributed by atoms with E-state index in [0.717, 1.165) is 19.0 Å². The number of hydrogen-bond acceptors (Lipinski definition) is 3. The Morgan fingerprint density at radius 3 is 2.72 bits per heavy atom. The average Bonchev–Trinajstić information content (AvgIpc) is 3.12. The molecule has 100 valence electrons. The highest BCUT2D eigenvalue weighted by Crippen LogP contribution is 2.41. The van der Waals surface area contributed by atoms with Crippen molar-refractivity contribution in [2.24, 2.45) is 5.92 Å². The fourth-order valence-electron chi connectivity index (χ4n) is 2.87. The van der Waals surface area contributed by atoms with Gasteiger partial charge in [0, 0.05) is 42.0 Å². The summed E-state index contributed by atoms with van der Waals surface area (Å²) in [5, 5.41) is 3.47. The zero-order chi connectivity index (χ0) is 12.4. The van der Waals surface area contributed by atoms with Crippen LogP contribution in [-0.4, -0.2) is 31.1 Å². The Hall–Kier alpha value is -0.380. The van der Waals surface area contributed by atoms with Gasteiger partial charge in [-0.3, -0.25) is 4.90 Å². The Kier molecular flexibility index (Phi) is 4.02. The smallest absolute Gasteiger partial charge is 0.0445 e. The van der Waals surface area contributed by atoms with Crippen LogP contribution in [0.3, 0.4) is 0 Å². The van der Waals surface area contributed by atoms with Gasteiger partial charge in [-0.1, -0.05) is 19.8 Å². The summed E-state index contributed by atoms with van der Waals surface area (Å²) in [7, 11) is 0. The minimum Gasteiger partial charge on any atom is -0.314 e.